The molecule has 26 heavy (non-hydrogen) atoms. The van der Waals surface area contributed by atoms with E-state index < -0.39 is 15.8 Å². The van der Waals surface area contributed by atoms with E-state index in [1.54, 1.807) is 18.3 Å². The molecule has 0 unspecified atom stereocenters. The molecule has 6 heteroatoms. The number of anilines is 1. The van der Waals surface area contributed by atoms with Crippen molar-refractivity contribution in [3.63, 3.8) is 0 Å². The van der Waals surface area contributed by atoms with Gasteiger partial charge in [0.15, 0.2) is 0 Å². The predicted octanol–water partition coefficient (Wildman–Crippen LogP) is 4.13. The molecule has 1 aromatic heterocycles. The van der Waals surface area contributed by atoms with Crippen molar-refractivity contribution in [2.24, 2.45) is 0 Å². The third-order valence-corrected chi connectivity index (χ3v) is 6.55. The Morgan fingerprint density at radius 1 is 1.12 bits per heavy atom. The fourth-order valence-electron chi connectivity index (χ4n) is 3.61. The van der Waals surface area contributed by atoms with E-state index in [4.69, 9.17) is 0 Å². The quantitative estimate of drug-likeness (QED) is 0.681. The van der Waals surface area contributed by atoms with Gasteiger partial charge in [0.1, 0.15) is 10.7 Å². The molecule has 0 fully saturated rings. The van der Waals surface area contributed by atoms with Gasteiger partial charge in [-0.3, -0.25) is 9.29 Å². The zero-order valence-corrected chi connectivity index (χ0v) is 15.5. The van der Waals surface area contributed by atoms with Gasteiger partial charge in [0.05, 0.1) is 11.2 Å². The van der Waals surface area contributed by atoms with Crippen molar-refractivity contribution in [1.82, 2.24) is 4.98 Å². The Balaban J connectivity index is 1.93. The lowest BCUT2D eigenvalue weighted by atomic mass is 10.0. The topological polar surface area (TPSA) is 50.3 Å². The molecule has 0 amide bonds. The van der Waals surface area contributed by atoms with Crippen molar-refractivity contribution < 1.29 is 12.8 Å². The number of fused-ring (bicyclic) bond motifs is 2. The number of sulfonamides is 1. The smallest absolute Gasteiger partial charge is 0.263 e. The normalized spacial score (nSPS) is 14.5. The predicted molar refractivity (Wildman–Crippen MR) is 100 cm³/mol. The number of aryl methyl sites for hydroxylation is 3. The van der Waals surface area contributed by atoms with Crippen LogP contribution in [0, 0.1) is 19.7 Å². The van der Waals surface area contributed by atoms with Crippen molar-refractivity contribution in [1.29, 1.82) is 0 Å². The summed E-state index contributed by atoms with van der Waals surface area (Å²) >= 11 is 0. The first-order valence-corrected chi connectivity index (χ1v) is 9.99. The largest absolute Gasteiger partial charge is 0.266 e. The highest BCUT2D eigenvalue weighted by Crippen LogP contribution is 2.36. The lowest BCUT2D eigenvalue weighted by Crippen LogP contribution is -2.36. The first-order valence-electron chi connectivity index (χ1n) is 8.55. The number of rotatable bonds is 2. The second kappa shape index (κ2) is 6.06. The van der Waals surface area contributed by atoms with Crippen LogP contribution in [-0.2, 0) is 16.4 Å². The summed E-state index contributed by atoms with van der Waals surface area (Å²) in [5.74, 6) is -0.493. The van der Waals surface area contributed by atoms with Crippen LogP contribution in [0.5, 0.6) is 0 Å². The first-order chi connectivity index (χ1) is 12.4. The maximum atomic E-state index is 14.7. The van der Waals surface area contributed by atoms with Crippen LogP contribution in [-0.4, -0.2) is 19.9 Å². The molecule has 1 aliphatic rings. The Bertz CT molecular complexity index is 1130. The molecule has 3 aromatic rings. The van der Waals surface area contributed by atoms with Crippen molar-refractivity contribution in [3.05, 3.63) is 65.1 Å². The van der Waals surface area contributed by atoms with Gasteiger partial charge in [0.25, 0.3) is 10.0 Å². The molecule has 0 spiro atoms. The molecule has 2 aromatic carbocycles. The number of nitrogens with zero attached hydrogens (tertiary/aromatic N) is 2. The van der Waals surface area contributed by atoms with Crippen LogP contribution in [0.3, 0.4) is 0 Å². The standard InChI is InChI=1S/C20H19FN2O2S/c1-13-9-16-6-4-8-23(20(16)17(21)11-13)26(24,25)18-7-3-5-15-10-14(2)12-22-19(15)18/h3,5,7,9-12H,4,6,8H2,1-2H3. The summed E-state index contributed by atoms with van der Waals surface area (Å²) in [6.07, 6.45) is 2.98. The van der Waals surface area contributed by atoms with Crippen LogP contribution < -0.4 is 4.31 Å². The fourth-order valence-corrected chi connectivity index (χ4v) is 5.33. The maximum absolute atomic E-state index is 14.7. The summed E-state index contributed by atoms with van der Waals surface area (Å²) in [4.78, 5) is 4.45. The van der Waals surface area contributed by atoms with Crippen LogP contribution in [0.2, 0.25) is 0 Å². The number of pyridine rings is 1. The average Bonchev–Trinajstić information content (AvgIpc) is 2.60. The SMILES string of the molecule is Cc1cc(F)c2c(c1)CCCN2S(=O)(=O)c1cccc2cc(C)cnc12. The molecule has 0 saturated heterocycles. The highest BCUT2D eigenvalue weighted by Gasteiger charge is 2.33. The Hall–Kier alpha value is -2.47. The molecule has 4 nitrogen and oxygen atoms in total. The van der Waals surface area contributed by atoms with Gasteiger partial charge >= 0.3 is 0 Å². The van der Waals surface area contributed by atoms with E-state index in [-0.39, 0.29) is 17.1 Å². The summed E-state index contributed by atoms with van der Waals surface area (Å²) in [5.41, 5.74) is 3.07. The van der Waals surface area contributed by atoms with Crippen LogP contribution in [0.1, 0.15) is 23.1 Å². The Morgan fingerprint density at radius 3 is 2.73 bits per heavy atom. The second-order valence-electron chi connectivity index (χ2n) is 6.78. The van der Waals surface area contributed by atoms with Crippen molar-refractivity contribution in [2.45, 2.75) is 31.6 Å². The molecule has 0 radical (unpaired) electrons. The summed E-state index contributed by atoms with van der Waals surface area (Å²) in [6, 6.07) is 10.2. The van der Waals surface area contributed by atoms with Gasteiger partial charge in [0, 0.05) is 18.1 Å². The highest BCUT2D eigenvalue weighted by atomic mass is 32.2. The van der Waals surface area contributed by atoms with Gasteiger partial charge in [-0.15, -0.1) is 0 Å². The number of hydrogen-bond donors (Lipinski definition) is 0. The summed E-state index contributed by atoms with van der Waals surface area (Å²) in [5, 5.41) is 0.757. The molecule has 1 aliphatic heterocycles. The van der Waals surface area contributed by atoms with Crippen molar-refractivity contribution in [3.8, 4) is 0 Å². The summed E-state index contributed by atoms with van der Waals surface area (Å²) in [7, 11) is -3.92. The zero-order valence-electron chi connectivity index (χ0n) is 14.7. The van der Waals surface area contributed by atoms with Crippen LogP contribution in [0.15, 0.2) is 47.5 Å². The Labute approximate surface area is 152 Å². The third-order valence-electron chi connectivity index (χ3n) is 4.72. The molecule has 0 aliphatic carbocycles. The van der Waals surface area contributed by atoms with E-state index in [1.165, 1.54) is 10.4 Å². The number of halogens is 1. The number of benzene rings is 2. The molecular weight excluding hydrogens is 351 g/mol. The van der Waals surface area contributed by atoms with E-state index in [9.17, 15) is 12.8 Å². The molecule has 0 saturated carbocycles. The lowest BCUT2D eigenvalue weighted by molar-refractivity contribution is 0.577. The van der Waals surface area contributed by atoms with E-state index in [0.717, 1.165) is 22.1 Å². The molecule has 2 heterocycles. The van der Waals surface area contributed by atoms with E-state index >= 15 is 0 Å². The van der Waals surface area contributed by atoms with Crippen LogP contribution >= 0.6 is 0 Å². The Morgan fingerprint density at radius 2 is 1.92 bits per heavy atom. The molecule has 0 N–H and O–H groups in total. The van der Waals surface area contributed by atoms with Gasteiger partial charge in [-0.1, -0.05) is 18.2 Å². The van der Waals surface area contributed by atoms with Gasteiger partial charge in [-0.25, -0.2) is 12.8 Å². The van der Waals surface area contributed by atoms with Gasteiger partial charge < -0.3 is 0 Å². The number of para-hydroxylation sites is 1. The van der Waals surface area contributed by atoms with Crippen LogP contribution in [0.25, 0.3) is 10.9 Å². The molecule has 0 bridgehead atoms. The van der Waals surface area contributed by atoms with E-state index in [2.05, 4.69) is 4.98 Å². The molecule has 0 atom stereocenters. The number of aromatic nitrogens is 1. The van der Waals surface area contributed by atoms with Crippen molar-refractivity contribution >= 4 is 26.6 Å². The minimum atomic E-state index is -3.92. The minimum Gasteiger partial charge on any atom is -0.263 e. The summed E-state index contributed by atoms with van der Waals surface area (Å²) in [6.45, 7) is 3.98. The highest BCUT2D eigenvalue weighted by molar-refractivity contribution is 7.93. The van der Waals surface area contributed by atoms with E-state index in [0.29, 0.717) is 18.4 Å². The van der Waals surface area contributed by atoms with Gasteiger partial charge in [-0.2, -0.15) is 0 Å². The molecule has 134 valence electrons. The summed E-state index contributed by atoms with van der Waals surface area (Å²) < 4.78 is 42.7. The number of hydrogen-bond acceptors (Lipinski definition) is 3. The molecule has 4 rings (SSSR count). The monoisotopic (exact) mass is 370 g/mol. The Kier molecular flexibility index (Phi) is 3.95. The molecular formula is C20H19FN2O2S. The van der Waals surface area contributed by atoms with E-state index in [1.807, 2.05) is 32.0 Å². The minimum absolute atomic E-state index is 0.114. The van der Waals surface area contributed by atoms with Crippen LogP contribution in [0.4, 0.5) is 10.1 Å². The van der Waals surface area contributed by atoms with Crippen molar-refractivity contribution in [2.75, 3.05) is 10.8 Å². The van der Waals surface area contributed by atoms with Gasteiger partial charge in [0.2, 0.25) is 0 Å². The first kappa shape index (κ1) is 17.0. The average molecular weight is 370 g/mol. The lowest BCUT2D eigenvalue weighted by Gasteiger charge is -2.31. The van der Waals surface area contributed by atoms with Gasteiger partial charge in [-0.05, 0) is 61.6 Å². The zero-order chi connectivity index (χ0) is 18.5. The third kappa shape index (κ3) is 2.65. The fraction of sp³-hybridized carbons (Fsp3) is 0.250. The maximum Gasteiger partial charge on any atom is 0.266 e. The second-order valence-corrected chi connectivity index (χ2v) is 8.61.